The summed E-state index contributed by atoms with van der Waals surface area (Å²) >= 11 is 0. The van der Waals surface area contributed by atoms with Crippen molar-refractivity contribution in [2.45, 2.75) is 5.41 Å². The van der Waals surface area contributed by atoms with Crippen LogP contribution in [0.1, 0.15) is 22.3 Å². The third-order valence-electron chi connectivity index (χ3n) is 14.1. The molecule has 0 bridgehead atoms. The van der Waals surface area contributed by atoms with E-state index in [9.17, 15) is 0 Å². The molecular formula is C65H43N. The standard InChI is InChI=1S/C65H43N/c1-5-19-48(20-6-1)65(49-21-7-2-8-22-49)63-32-18-17-31-57(63)58-38-36-47(41-64(58)65)60-43-62-55-29-15-13-27-53(55)59(42-61(62)56-30-16-14-28-54(56)60)46-34-33-45-40-52(37-35-44(45)39-46)66(50-23-9-3-10-24-50)51-25-11-4-12-26-51/h1-43H. The van der Waals surface area contributed by atoms with Crippen molar-refractivity contribution >= 4 is 60.2 Å². The van der Waals surface area contributed by atoms with Gasteiger partial charge in [0.25, 0.3) is 0 Å². The molecule has 0 aliphatic heterocycles. The summed E-state index contributed by atoms with van der Waals surface area (Å²) in [5.74, 6) is 0. The number of hydrogen-bond donors (Lipinski definition) is 0. The molecule has 0 heterocycles. The average molecular weight is 838 g/mol. The Balaban J connectivity index is 0.983. The average Bonchev–Trinajstić information content (AvgIpc) is 3.69. The zero-order chi connectivity index (χ0) is 43.6. The molecule has 1 nitrogen and oxygen atoms in total. The van der Waals surface area contributed by atoms with Crippen molar-refractivity contribution in [2.24, 2.45) is 0 Å². The molecule has 0 saturated carbocycles. The summed E-state index contributed by atoms with van der Waals surface area (Å²) in [5, 5.41) is 9.94. The number of nitrogens with zero attached hydrogens (tertiary/aromatic N) is 1. The first-order valence-electron chi connectivity index (χ1n) is 22.9. The fourth-order valence-corrected chi connectivity index (χ4v) is 11.2. The second kappa shape index (κ2) is 15.3. The van der Waals surface area contributed by atoms with Crippen LogP contribution in [0.15, 0.2) is 261 Å². The van der Waals surface area contributed by atoms with E-state index in [1.807, 2.05) is 0 Å². The highest BCUT2D eigenvalue weighted by Crippen LogP contribution is 2.57. The first-order chi connectivity index (χ1) is 32.7. The van der Waals surface area contributed by atoms with E-state index in [0.29, 0.717) is 0 Å². The van der Waals surface area contributed by atoms with E-state index in [-0.39, 0.29) is 0 Å². The summed E-state index contributed by atoms with van der Waals surface area (Å²) in [6.07, 6.45) is 0. The largest absolute Gasteiger partial charge is 0.310 e. The molecular weight excluding hydrogens is 795 g/mol. The van der Waals surface area contributed by atoms with E-state index in [2.05, 4.69) is 266 Å². The van der Waals surface area contributed by atoms with Crippen molar-refractivity contribution < 1.29 is 0 Å². The summed E-state index contributed by atoms with van der Waals surface area (Å²) in [5.41, 5.74) is 15.6. The summed E-state index contributed by atoms with van der Waals surface area (Å²) in [4.78, 5) is 2.33. The van der Waals surface area contributed by atoms with E-state index in [4.69, 9.17) is 0 Å². The Labute approximate surface area is 385 Å². The van der Waals surface area contributed by atoms with Crippen LogP contribution in [0, 0.1) is 0 Å². The molecule has 1 aliphatic carbocycles. The van der Waals surface area contributed by atoms with Gasteiger partial charge in [-0.25, -0.2) is 0 Å². The lowest BCUT2D eigenvalue weighted by Gasteiger charge is -2.34. The molecule has 0 saturated heterocycles. The molecule has 0 atom stereocenters. The fourth-order valence-electron chi connectivity index (χ4n) is 11.2. The highest BCUT2D eigenvalue weighted by Gasteiger charge is 2.46. The SMILES string of the molecule is c1ccc(N(c2ccccc2)c2ccc3cc(-c4cc5c6ccccc6c(-c6ccc7c(c6)C(c6ccccc6)(c6ccccc6)c6ccccc6-7)cc5c5ccccc45)ccc3c2)cc1. The van der Waals surface area contributed by atoms with Gasteiger partial charge in [-0.3, -0.25) is 0 Å². The van der Waals surface area contributed by atoms with Gasteiger partial charge in [-0.1, -0.05) is 200 Å². The van der Waals surface area contributed by atoms with Crippen molar-refractivity contribution in [3.8, 4) is 33.4 Å². The first-order valence-corrected chi connectivity index (χ1v) is 22.9. The number of rotatable bonds is 7. The van der Waals surface area contributed by atoms with Crippen molar-refractivity contribution in [3.05, 3.63) is 283 Å². The van der Waals surface area contributed by atoms with Crippen molar-refractivity contribution in [3.63, 3.8) is 0 Å². The molecule has 308 valence electrons. The Morgan fingerprint density at radius 2 is 0.682 bits per heavy atom. The molecule has 1 aliphatic rings. The Hall–Kier alpha value is -8.52. The van der Waals surface area contributed by atoms with Crippen molar-refractivity contribution in [2.75, 3.05) is 4.90 Å². The second-order valence-corrected chi connectivity index (χ2v) is 17.6. The third-order valence-corrected chi connectivity index (χ3v) is 14.1. The molecule has 12 aromatic rings. The quantitative estimate of drug-likeness (QED) is 0.145. The molecule has 0 radical (unpaired) electrons. The molecule has 0 spiro atoms. The molecule has 13 rings (SSSR count). The van der Waals surface area contributed by atoms with Crippen LogP contribution in [0.2, 0.25) is 0 Å². The van der Waals surface area contributed by atoms with Gasteiger partial charge in [0.2, 0.25) is 0 Å². The van der Waals surface area contributed by atoms with Crippen LogP contribution in [-0.4, -0.2) is 0 Å². The predicted molar refractivity (Wildman–Crippen MR) is 279 cm³/mol. The van der Waals surface area contributed by atoms with Gasteiger partial charge in [-0.05, 0) is 159 Å². The third kappa shape index (κ3) is 5.87. The van der Waals surface area contributed by atoms with Gasteiger partial charge in [0.05, 0.1) is 5.41 Å². The number of fused-ring (bicyclic) bond motifs is 9. The summed E-state index contributed by atoms with van der Waals surface area (Å²) in [6.45, 7) is 0. The summed E-state index contributed by atoms with van der Waals surface area (Å²) < 4.78 is 0. The van der Waals surface area contributed by atoms with Gasteiger partial charge in [0.1, 0.15) is 0 Å². The van der Waals surface area contributed by atoms with E-state index >= 15 is 0 Å². The van der Waals surface area contributed by atoms with Crippen LogP contribution in [0.5, 0.6) is 0 Å². The fraction of sp³-hybridized carbons (Fsp3) is 0.0154. The monoisotopic (exact) mass is 837 g/mol. The lowest BCUT2D eigenvalue weighted by atomic mass is 9.67. The molecule has 0 unspecified atom stereocenters. The van der Waals surface area contributed by atoms with Crippen LogP contribution in [0.4, 0.5) is 17.1 Å². The molecule has 12 aromatic carbocycles. The van der Waals surface area contributed by atoms with Crippen molar-refractivity contribution in [1.29, 1.82) is 0 Å². The smallest absolute Gasteiger partial charge is 0.0713 e. The lowest BCUT2D eigenvalue weighted by Crippen LogP contribution is -2.28. The Kier molecular flexibility index (Phi) is 8.82. The number of anilines is 3. The highest BCUT2D eigenvalue weighted by atomic mass is 15.1. The maximum Gasteiger partial charge on any atom is 0.0713 e. The molecule has 66 heavy (non-hydrogen) atoms. The van der Waals surface area contributed by atoms with Crippen LogP contribution in [-0.2, 0) is 5.41 Å². The van der Waals surface area contributed by atoms with Gasteiger partial charge < -0.3 is 4.90 Å². The van der Waals surface area contributed by atoms with Gasteiger partial charge in [0.15, 0.2) is 0 Å². The first kappa shape index (κ1) is 38.0. The maximum absolute atomic E-state index is 2.50. The molecule has 0 aromatic heterocycles. The minimum atomic E-state index is -0.469. The van der Waals surface area contributed by atoms with Crippen LogP contribution in [0.3, 0.4) is 0 Å². The second-order valence-electron chi connectivity index (χ2n) is 17.6. The Morgan fingerprint density at radius 3 is 1.27 bits per heavy atom. The van der Waals surface area contributed by atoms with Gasteiger partial charge in [-0.15, -0.1) is 0 Å². The molecule has 1 heteroatoms. The predicted octanol–water partition coefficient (Wildman–Crippen LogP) is 17.5. The van der Waals surface area contributed by atoms with E-state index in [0.717, 1.165) is 17.1 Å². The summed E-state index contributed by atoms with van der Waals surface area (Å²) in [7, 11) is 0. The Morgan fingerprint density at radius 1 is 0.242 bits per heavy atom. The van der Waals surface area contributed by atoms with Crippen LogP contribution in [0.25, 0.3) is 76.5 Å². The maximum atomic E-state index is 2.50. The molecule has 0 amide bonds. The van der Waals surface area contributed by atoms with Crippen molar-refractivity contribution in [1.82, 2.24) is 0 Å². The number of hydrogen-bond acceptors (Lipinski definition) is 1. The van der Waals surface area contributed by atoms with E-state index in [1.165, 1.54) is 98.7 Å². The normalized spacial score (nSPS) is 12.7. The zero-order valence-electron chi connectivity index (χ0n) is 36.3. The Bertz CT molecular complexity index is 3720. The number of benzene rings is 12. The minimum Gasteiger partial charge on any atom is -0.310 e. The van der Waals surface area contributed by atoms with Crippen LogP contribution < -0.4 is 4.90 Å². The van der Waals surface area contributed by atoms with Gasteiger partial charge >= 0.3 is 0 Å². The minimum absolute atomic E-state index is 0.469. The summed E-state index contributed by atoms with van der Waals surface area (Å²) in [6, 6.07) is 96.4. The highest BCUT2D eigenvalue weighted by molar-refractivity contribution is 6.24. The van der Waals surface area contributed by atoms with Gasteiger partial charge in [-0.2, -0.15) is 0 Å². The zero-order valence-corrected chi connectivity index (χ0v) is 36.3. The molecule has 0 N–H and O–H groups in total. The number of para-hydroxylation sites is 2. The van der Waals surface area contributed by atoms with Crippen LogP contribution >= 0.6 is 0 Å². The topological polar surface area (TPSA) is 3.24 Å². The van der Waals surface area contributed by atoms with Gasteiger partial charge in [0, 0.05) is 17.1 Å². The van der Waals surface area contributed by atoms with E-state index in [1.54, 1.807) is 0 Å². The molecule has 0 fully saturated rings. The van der Waals surface area contributed by atoms with E-state index < -0.39 is 5.41 Å². The lowest BCUT2D eigenvalue weighted by molar-refractivity contribution is 0.769.